The van der Waals surface area contributed by atoms with E-state index in [1.807, 2.05) is 0 Å². The number of aromatic nitrogens is 3. The van der Waals surface area contributed by atoms with Crippen molar-refractivity contribution in [1.82, 2.24) is 19.7 Å². The van der Waals surface area contributed by atoms with Crippen LogP contribution in [-0.4, -0.2) is 48.5 Å². The lowest BCUT2D eigenvalue weighted by molar-refractivity contribution is -0.141. The lowest BCUT2D eigenvalue weighted by Gasteiger charge is -2.05. The second-order valence-corrected chi connectivity index (χ2v) is 7.04. The largest absolute Gasteiger partial charge is 0.436 e. The van der Waals surface area contributed by atoms with Crippen LogP contribution >= 0.6 is 11.6 Å². The van der Waals surface area contributed by atoms with Gasteiger partial charge in [-0.15, -0.1) is 4.40 Å². The Morgan fingerprint density at radius 3 is 2.46 bits per heavy atom. The van der Waals surface area contributed by atoms with Gasteiger partial charge in [-0.1, -0.05) is 11.6 Å². The minimum absolute atomic E-state index is 0.197. The zero-order chi connectivity index (χ0) is 19.7. The summed E-state index contributed by atoms with van der Waals surface area (Å²) in [6, 6.07) is 3.52. The maximum atomic E-state index is 12.9. The first-order chi connectivity index (χ1) is 12.0. The van der Waals surface area contributed by atoms with Gasteiger partial charge in [0.05, 0.1) is 0 Å². The van der Waals surface area contributed by atoms with E-state index in [0.29, 0.717) is 4.68 Å². The van der Waals surface area contributed by atoms with Gasteiger partial charge < -0.3 is 4.90 Å². The summed E-state index contributed by atoms with van der Waals surface area (Å²) in [6.07, 6.45) is -2.92. The third-order valence-corrected chi connectivity index (χ3v) is 4.42. The van der Waals surface area contributed by atoms with Gasteiger partial charge in [0, 0.05) is 20.3 Å². The van der Waals surface area contributed by atoms with Crippen LogP contribution in [0.25, 0.3) is 5.82 Å². The van der Waals surface area contributed by atoms with Gasteiger partial charge >= 0.3 is 6.18 Å². The molecule has 138 valence electrons. The van der Waals surface area contributed by atoms with Crippen LogP contribution in [0, 0.1) is 11.3 Å². The molecule has 26 heavy (non-hydrogen) atoms. The van der Waals surface area contributed by atoms with Crippen LogP contribution in [0.5, 0.6) is 0 Å². The summed E-state index contributed by atoms with van der Waals surface area (Å²) in [7, 11) is -0.876. The van der Waals surface area contributed by atoms with Crippen LogP contribution in [0.2, 0.25) is 5.15 Å². The van der Waals surface area contributed by atoms with E-state index in [1.54, 1.807) is 14.1 Å². The monoisotopic (exact) mass is 406 g/mol. The first-order valence-electron chi connectivity index (χ1n) is 6.66. The molecule has 0 amide bonds. The highest BCUT2D eigenvalue weighted by Gasteiger charge is 2.39. The first-order valence-corrected chi connectivity index (χ1v) is 8.48. The highest BCUT2D eigenvalue weighted by atomic mass is 35.5. The molecule has 2 aromatic rings. The number of sulfonamides is 1. The van der Waals surface area contributed by atoms with E-state index in [2.05, 4.69) is 14.5 Å². The fourth-order valence-corrected chi connectivity index (χ4v) is 2.83. The van der Waals surface area contributed by atoms with Crippen LogP contribution in [0.3, 0.4) is 0 Å². The van der Waals surface area contributed by atoms with E-state index in [4.69, 9.17) is 16.9 Å². The van der Waals surface area contributed by atoms with Crippen molar-refractivity contribution in [1.29, 1.82) is 5.26 Å². The highest BCUT2D eigenvalue weighted by Crippen LogP contribution is 2.34. The van der Waals surface area contributed by atoms with E-state index in [9.17, 15) is 21.6 Å². The molecular weight excluding hydrogens is 397 g/mol. The van der Waals surface area contributed by atoms with Crippen molar-refractivity contribution < 1.29 is 21.6 Å². The molecule has 0 unspecified atom stereocenters. The van der Waals surface area contributed by atoms with E-state index in [-0.39, 0.29) is 10.7 Å². The fraction of sp³-hybridized carbons (Fsp3) is 0.231. The Morgan fingerprint density at radius 1 is 1.38 bits per heavy atom. The predicted octanol–water partition coefficient (Wildman–Crippen LogP) is 2.09. The lowest BCUT2D eigenvalue weighted by atomic mass is 10.2. The third kappa shape index (κ3) is 3.94. The molecule has 0 bridgehead atoms. The molecule has 0 aliphatic rings. The Bertz CT molecular complexity index is 991. The van der Waals surface area contributed by atoms with Crippen molar-refractivity contribution in [2.24, 2.45) is 4.40 Å². The maximum absolute atomic E-state index is 12.9. The molecule has 2 aromatic heterocycles. The highest BCUT2D eigenvalue weighted by molar-refractivity contribution is 7.90. The molecule has 0 N–H and O–H groups in total. The number of nitriles is 1. The number of hydrogen-bond donors (Lipinski definition) is 0. The summed E-state index contributed by atoms with van der Waals surface area (Å²) in [5.41, 5.74) is -2.31. The van der Waals surface area contributed by atoms with E-state index >= 15 is 0 Å². The molecule has 2 heterocycles. The molecule has 0 saturated heterocycles. The zero-order valence-electron chi connectivity index (χ0n) is 13.2. The Kier molecular flexibility index (Phi) is 5.24. The predicted molar refractivity (Wildman–Crippen MR) is 85.5 cm³/mol. The van der Waals surface area contributed by atoms with Crippen LogP contribution in [0.15, 0.2) is 27.6 Å². The van der Waals surface area contributed by atoms with Crippen molar-refractivity contribution in [2.75, 3.05) is 14.1 Å². The summed E-state index contributed by atoms with van der Waals surface area (Å²) in [5.74, 6) is -0.197. The quantitative estimate of drug-likeness (QED) is 0.568. The normalized spacial score (nSPS) is 12.3. The molecule has 8 nitrogen and oxygen atoms in total. The molecule has 0 atom stereocenters. The second kappa shape index (κ2) is 6.93. The fourth-order valence-electron chi connectivity index (χ4n) is 1.71. The average molecular weight is 407 g/mol. The number of halogens is 4. The number of pyridine rings is 1. The molecule has 2 rings (SSSR count). The summed E-state index contributed by atoms with van der Waals surface area (Å²) in [5, 5.41) is 11.5. The van der Waals surface area contributed by atoms with Gasteiger partial charge in [0.25, 0.3) is 10.0 Å². The molecule has 0 fully saturated rings. The van der Waals surface area contributed by atoms with Crippen LogP contribution in [0.1, 0.15) is 11.3 Å². The van der Waals surface area contributed by atoms with Crippen LogP contribution in [-0.2, 0) is 16.2 Å². The summed E-state index contributed by atoms with van der Waals surface area (Å²) in [6.45, 7) is 0. The van der Waals surface area contributed by atoms with Gasteiger partial charge in [-0.25, -0.2) is 9.67 Å². The van der Waals surface area contributed by atoms with Crippen LogP contribution < -0.4 is 0 Å². The number of nitrogens with zero attached hydrogens (tertiary/aromatic N) is 6. The van der Waals surface area contributed by atoms with Gasteiger partial charge in [-0.2, -0.15) is 31.9 Å². The smallest absolute Gasteiger partial charge is 0.368 e. The van der Waals surface area contributed by atoms with Gasteiger partial charge in [0.2, 0.25) is 0 Å². The Balaban J connectivity index is 2.48. The maximum Gasteiger partial charge on any atom is 0.436 e. The number of hydrogen-bond acceptors (Lipinski definition) is 5. The molecular formula is C13H10ClF3N6O2S. The molecule has 0 spiro atoms. The molecule has 13 heteroatoms. The SMILES string of the molecule is CN(C)/C=N/S(=O)(=O)c1ccc(-n2nc(C(F)(F)F)c(C#N)c2Cl)nc1. The minimum atomic E-state index is -4.88. The first kappa shape index (κ1) is 19.7. The molecule has 0 aliphatic carbocycles. The minimum Gasteiger partial charge on any atom is -0.368 e. The lowest BCUT2D eigenvalue weighted by Crippen LogP contribution is -2.11. The van der Waals surface area contributed by atoms with Crippen molar-refractivity contribution in [2.45, 2.75) is 11.1 Å². The average Bonchev–Trinajstić information content (AvgIpc) is 2.90. The van der Waals surface area contributed by atoms with Gasteiger partial charge in [0.15, 0.2) is 16.7 Å². The Hall–Kier alpha value is -2.65. The van der Waals surface area contributed by atoms with E-state index in [0.717, 1.165) is 24.7 Å². The Labute approximate surface area is 151 Å². The second-order valence-electron chi connectivity index (χ2n) is 5.05. The number of alkyl halides is 3. The van der Waals surface area contributed by atoms with E-state index in [1.165, 1.54) is 11.0 Å². The van der Waals surface area contributed by atoms with Crippen molar-refractivity contribution >= 4 is 28.0 Å². The van der Waals surface area contributed by atoms with Crippen molar-refractivity contribution in [3.63, 3.8) is 0 Å². The molecule has 0 radical (unpaired) electrons. The standard InChI is InChI=1S/C13H10ClF3N6O2S/c1-22(2)7-20-26(24,25)8-3-4-10(19-6-8)23-12(14)9(5-18)11(21-23)13(15,16)17/h3-4,6-7H,1-2H3/b20-7+. The van der Waals surface area contributed by atoms with Crippen molar-refractivity contribution in [3.8, 4) is 11.9 Å². The number of rotatable bonds is 4. The summed E-state index contributed by atoms with van der Waals surface area (Å²) in [4.78, 5) is 4.88. The molecule has 0 saturated carbocycles. The van der Waals surface area contributed by atoms with Crippen LogP contribution in [0.4, 0.5) is 13.2 Å². The zero-order valence-corrected chi connectivity index (χ0v) is 14.8. The third-order valence-electron chi connectivity index (χ3n) is 2.86. The van der Waals surface area contributed by atoms with Crippen molar-refractivity contribution in [3.05, 3.63) is 34.7 Å². The molecule has 0 aromatic carbocycles. The van der Waals surface area contributed by atoms with Gasteiger partial charge in [0.1, 0.15) is 22.9 Å². The van der Waals surface area contributed by atoms with Gasteiger partial charge in [-0.05, 0) is 12.1 Å². The Morgan fingerprint density at radius 2 is 2.04 bits per heavy atom. The topological polar surface area (TPSA) is 104 Å². The summed E-state index contributed by atoms with van der Waals surface area (Å²) < 4.78 is 66.7. The molecule has 0 aliphatic heterocycles. The summed E-state index contributed by atoms with van der Waals surface area (Å²) >= 11 is 5.78. The van der Waals surface area contributed by atoms with E-state index < -0.39 is 32.6 Å². The van der Waals surface area contributed by atoms with Gasteiger partial charge in [-0.3, -0.25) is 0 Å².